The Balaban J connectivity index is 2.53. The van der Waals surface area contributed by atoms with E-state index in [1.54, 1.807) is 30.1 Å². The van der Waals surface area contributed by atoms with Gasteiger partial charge in [-0.1, -0.05) is 0 Å². The summed E-state index contributed by atoms with van der Waals surface area (Å²) in [6.07, 6.45) is 3.45. The maximum Gasteiger partial charge on any atom is 0.279 e. The molecule has 1 aromatic heterocycles. The summed E-state index contributed by atoms with van der Waals surface area (Å²) in [4.78, 5) is 0. The highest BCUT2D eigenvalue weighted by molar-refractivity contribution is 7.87. The summed E-state index contributed by atoms with van der Waals surface area (Å²) in [5, 5.41) is 4.00. The summed E-state index contributed by atoms with van der Waals surface area (Å²) in [5.74, 6) is 0. The lowest BCUT2D eigenvalue weighted by Gasteiger charge is -2.17. The van der Waals surface area contributed by atoms with E-state index in [9.17, 15) is 8.42 Å². The molecule has 0 saturated heterocycles. The zero-order valence-corrected chi connectivity index (χ0v) is 9.90. The second-order valence-corrected chi connectivity index (χ2v) is 5.45. The van der Waals surface area contributed by atoms with Crippen LogP contribution in [0.25, 0.3) is 0 Å². The Labute approximate surface area is 90.1 Å². The van der Waals surface area contributed by atoms with E-state index in [1.807, 2.05) is 0 Å². The zero-order valence-electron chi connectivity index (χ0n) is 9.08. The Morgan fingerprint density at radius 3 is 2.67 bits per heavy atom. The quantitative estimate of drug-likeness (QED) is 0.755. The Hall–Kier alpha value is -0.920. The second kappa shape index (κ2) is 4.73. The van der Waals surface area contributed by atoms with Gasteiger partial charge in [0.05, 0.1) is 6.54 Å². The van der Waals surface area contributed by atoms with Gasteiger partial charge in [0.1, 0.15) is 0 Å². The van der Waals surface area contributed by atoms with E-state index in [-0.39, 0.29) is 6.04 Å². The van der Waals surface area contributed by atoms with Crippen molar-refractivity contribution in [3.8, 4) is 0 Å². The number of nitrogens with one attached hydrogen (secondary N) is 1. The van der Waals surface area contributed by atoms with Crippen molar-refractivity contribution in [2.45, 2.75) is 19.5 Å². The van der Waals surface area contributed by atoms with E-state index in [0.29, 0.717) is 6.54 Å². The average molecular weight is 232 g/mol. The second-order valence-electron chi connectivity index (χ2n) is 3.53. The average Bonchev–Trinajstić information content (AvgIpc) is 2.54. The third-order valence-electron chi connectivity index (χ3n) is 1.85. The molecule has 0 aromatic carbocycles. The summed E-state index contributed by atoms with van der Waals surface area (Å²) >= 11 is 0. The summed E-state index contributed by atoms with van der Waals surface area (Å²) < 4.78 is 28.3. The molecule has 0 aliphatic heterocycles. The van der Waals surface area contributed by atoms with Crippen LogP contribution in [0.2, 0.25) is 0 Å². The van der Waals surface area contributed by atoms with Crippen LogP contribution in [0.1, 0.15) is 6.92 Å². The first-order chi connectivity index (χ1) is 6.92. The van der Waals surface area contributed by atoms with Gasteiger partial charge in [0.25, 0.3) is 10.2 Å². The predicted molar refractivity (Wildman–Crippen MR) is 57.4 cm³/mol. The van der Waals surface area contributed by atoms with Gasteiger partial charge in [-0.25, -0.2) is 0 Å². The highest BCUT2D eigenvalue weighted by atomic mass is 32.2. The topological polar surface area (TPSA) is 67.2 Å². The van der Waals surface area contributed by atoms with Crippen LogP contribution in [0.3, 0.4) is 0 Å². The van der Waals surface area contributed by atoms with Crippen LogP contribution in [0.5, 0.6) is 0 Å². The number of hydrogen-bond acceptors (Lipinski definition) is 3. The lowest BCUT2D eigenvalue weighted by atomic mass is 10.4. The first-order valence-corrected chi connectivity index (χ1v) is 6.03. The predicted octanol–water partition coefficient (Wildman–Crippen LogP) is -0.332. The van der Waals surface area contributed by atoms with Gasteiger partial charge in [0.15, 0.2) is 0 Å². The van der Waals surface area contributed by atoms with Gasteiger partial charge in [-0.05, 0) is 13.0 Å². The molecule has 0 radical (unpaired) electrons. The van der Waals surface area contributed by atoms with Crippen molar-refractivity contribution in [1.82, 2.24) is 18.8 Å². The van der Waals surface area contributed by atoms with Crippen LogP contribution in [0.4, 0.5) is 0 Å². The Morgan fingerprint density at radius 1 is 1.53 bits per heavy atom. The van der Waals surface area contributed by atoms with Crippen LogP contribution in [-0.4, -0.2) is 42.6 Å². The molecule has 0 unspecified atom stereocenters. The van der Waals surface area contributed by atoms with E-state index in [2.05, 4.69) is 9.82 Å². The van der Waals surface area contributed by atoms with Crippen LogP contribution < -0.4 is 4.72 Å². The van der Waals surface area contributed by atoms with E-state index in [1.165, 1.54) is 14.1 Å². The molecule has 0 bridgehead atoms. The van der Waals surface area contributed by atoms with Gasteiger partial charge in [-0.3, -0.25) is 4.68 Å². The summed E-state index contributed by atoms with van der Waals surface area (Å²) in [6, 6.07) is 1.60. The molecule has 15 heavy (non-hydrogen) atoms. The zero-order chi connectivity index (χ0) is 11.5. The molecular formula is C8H16N4O2S. The smallest absolute Gasteiger partial charge is 0.271 e. The van der Waals surface area contributed by atoms with Crippen molar-refractivity contribution in [2.75, 3.05) is 14.1 Å². The number of nitrogens with zero attached hydrogens (tertiary/aromatic N) is 3. The lowest BCUT2D eigenvalue weighted by Crippen LogP contribution is -2.42. The molecule has 0 aliphatic rings. The molecule has 1 aromatic rings. The van der Waals surface area contributed by atoms with Gasteiger partial charge in [0.2, 0.25) is 0 Å². The fourth-order valence-electron chi connectivity index (χ4n) is 1.09. The molecule has 0 spiro atoms. The molecule has 1 N–H and O–H groups in total. The van der Waals surface area contributed by atoms with Crippen molar-refractivity contribution in [3.63, 3.8) is 0 Å². The number of hydrogen-bond donors (Lipinski definition) is 1. The van der Waals surface area contributed by atoms with Crippen molar-refractivity contribution in [2.24, 2.45) is 0 Å². The van der Waals surface area contributed by atoms with E-state index < -0.39 is 10.2 Å². The maximum absolute atomic E-state index is 11.5. The first-order valence-electron chi connectivity index (χ1n) is 4.59. The van der Waals surface area contributed by atoms with Gasteiger partial charge in [0, 0.05) is 32.5 Å². The highest BCUT2D eigenvalue weighted by Gasteiger charge is 2.16. The fraction of sp³-hybridized carbons (Fsp3) is 0.625. The number of rotatable bonds is 5. The maximum atomic E-state index is 11.5. The summed E-state index contributed by atoms with van der Waals surface area (Å²) in [7, 11) is -0.380. The Kier molecular flexibility index (Phi) is 3.83. The van der Waals surface area contributed by atoms with Crippen molar-refractivity contribution < 1.29 is 8.42 Å². The third-order valence-corrected chi connectivity index (χ3v) is 3.51. The fourth-order valence-corrected chi connectivity index (χ4v) is 1.88. The largest absolute Gasteiger partial charge is 0.279 e. The molecule has 1 atom stereocenters. The molecule has 86 valence electrons. The third kappa shape index (κ3) is 3.61. The van der Waals surface area contributed by atoms with E-state index >= 15 is 0 Å². The van der Waals surface area contributed by atoms with E-state index in [0.717, 1.165) is 4.31 Å². The Bertz CT molecular complexity index is 385. The normalized spacial score (nSPS) is 14.4. The van der Waals surface area contributed by atoms with Crippen molar-refractivity contribution >= 4 is 10.2 Å². The Morgan fingerprint density at radius 2 is 2.20 bits per heavy atom. The van der Waals surface area contributed by atoms with E-state index in [4.69, 9.17) is 0 Å². The van der Waals surface area contributed by atoms with Crippen LogP contribution in [0.15, 0.2) is 18.5 Å². The van der Waals surface area contributed by atoms with Crippen molar-refractivity contribution in [3.05, 3.63) is 18.5 Å². The SMILES string of the molecule is C[C@H](Cn1cccn1)NS(=O)(=O)N(C)C. The first kappa shape index (κ1) is 12.2. The molecule has 1 rings (SSSR count). The summed E-state index contributed by atoms with van der Waals surface area (Å²) in [6.45, 7) is 2.31. The molecule has 0 fully saturated rings. The minimum atomic E-state index is -3.36. The van der Waals surface area contributed by atoms with Gasteiger partial charge >= 0.3 is 0 Å². The van der Waals surface area contributed by atoms with Crippen molar-refractivity contribution in [1.29, 1.82) is 0 Å². The van der Waals surface area contributed by atoms with Gasteiger partial charge in [-0.15, -0.1) is 0 Å². The standard InChI is InChI=1S/C8H16N4O2S/c1-8(7-12-6-4-5-9-12)10-15(13,14)11(2)3/h4-6,8,10H,7H2,1-3H3/t8-/m1/s1. The minimum absolute atomic E-state index is 0.197. The molecule has 0 aliphatic carbocycles. The molecule has 1 heterocycles. The van der Waals surface area contributed by atoms with Gasteiger partial charge in [-0.2, -0.15) is 22.5 Å². The minimum Gasteiger partial charge on any atom is -0.271 e. The summed E-state index contributed by atoms with van der Waals surface area (Å²) in [5.41, 5.74) is 0. The highest BCUT2D eigenvalue weighted by Crippen LogP contribution is 1.95. The molecule has 6 nitrogen and oxygen atoms in total. The van der Waals surface area contributed by atoms with Crippen LogP contribution in [0, 0.1) is 0 Å². The molecule has 0 saturated carbocycles. The molecular weight excluding hydrogens is 216 g/mol. The molecule has 0 amide bonds. The monoisotopic (exact) mass is 232 g/mol. The lowest BCUT2D eigenvalue weighted by molar-refractivity contribution is 0.461. The van der Waals surface area contributed by atoms with Gasteiger partial charge < -0.3 is 0 Å². The van der Waals surface area contributed by atoms with Crippen LogP contribution >= 0.6 is 0 Å². The van der Waals surface area contributed by atoms with Crippen LogP contribution in [-0.2, 0) is 16.8 Å². The molecule has 7 heteroatoms. The number of aromatic nitrogens is 2.